The number of thiazole rings is 1. The van der Waals surface area contributed by atoms with Gasteiger partial charge in [0.1, 0.15) is 0 Å². The fraction of sp³-hybridized carbons (Fsp3) is 0.375. The van der Waals surface area contributed by atoms with E-state index < -0.39 is 0 Å². The Morgan fingerprint density at radius 2 is 2.00 bits per heavy atom. The van der Waals surface area contributed by atoms with Crippen LogP contribution in [0, 0.1) is 0 Å². The normalized spacial score (nSPS) is 15.6. The molecule has 23 heavy (non-hydrogen) atoms. The third-order valence-electron chi connectivity index (χ3n) is 3.91. The van der Waals surface area contributed by atoms with E-state index in [0.29, 0.717) is 26.7 Å². The van der Waals surface area contributed by atoms with Crippen molar-refractivity contribution in [1.82, 2.24) is 10.3 Å². The zero-order valence-corrected chi connectivity index (χ0v) is 14.8. The van der Waals surface area contributed by atoms with Crippen molar-refractivity contribution in [3.63, 3.8) is 0 Å². The van der Waals surface area contributed by atoms with E-state index in [1.165, 1.54) is 4.88 Å². The van der Waals surface area contributed by atoms with Crippen molar-refractivity contribution in [1.29, 1.82) is 0 Å². The van der Waals surface area contributed by atoms with Gasteiger partial charge in [-0.1, -0.05) is 29.3 Å². The van der Waals surface area contributed by atoms with Crippen LogP contribution in [-0.2, 0) is 11.2 Å². The summed E-state index contributed by atoms with van der Waals surface area (Å²) in [5.41, 5.74) is 0.642. The average molecular weight is 370 g/mol. The predicted octanol–water partition coefficient (Wildman–Crippen LogP) is 4.10. The molecule has 1 aliphatic rings. The van der Waals surface area contributed by atoms with Crippen LogP contribution in [0.15, 0.2) is 24.4 Å². The number of hydrogen-bond acceptors (Lipinski definition) is 4. The van der Waals surface area contributed by atoms with Crippen LogP contribution >= 0.6 is 34.5 Å². The maximum atomic E-state index is 12.2. The molecule has 4 nitrogen and oxygen atoms in total. The lowest BCUT2D eigenvalue weighted by molar-refractivity contribution is -0.115. The van der Waals surface area contributed by atoms with Crippen LogP contribution in [0.2, 0.25) is 10.0 Å². The molecule has 1 aromatic heterocycles. The summed E-state index contributed by atoms with van der Waals surface area (Å²) < 4.78 is 0. The Morgan fingerprint density at radius 3 is 2.70 bits per heavy atom. The van der Waals surface area contributed by atoms with Crippen LogP contribution < -0.4 is 10.6 Å². The number of anilines is 1. The van der Waals surface area contributed by atoms with Gasteiger partial charge in [0.15, 0.2) is 5.13 Å². The van der Waals surface area contributed by atoms with Gasteiger partial charge < -0.3 is 10.6 Å². The monoisotopic (exact) mass is 369 g/mol. The maximum absolute atomic E-state index is 12.2. The molecule has 2 heterocycles. The second-order valence-corrected chi connectivity index (χ2v) is 7.39. The van der Waals surface area contributed by atoms with Crippen LogP contribution in [0.3, 0.4) is 0 Å². The molecule has 0 aliphatic carbocycles. The molecule has 122 valence electrons. The lowest BCUT2D eigenvalue weighted by Crippen LogP contribution is -2.26. The third kappa shape index (κ3) is 4.23. The second-order valence-electron chi connectivity index (χ2n) is 5.52. The summed E-state index contributed by atoms with van der Waals surface area (Å²) in [7, 11) is 0. The minimum absolute atomic E-state index is 0.140. The number of hydrogen-bond donors (Lipinski definition) is 2. The molecule has 1 aliphatic heterocycles. The largest absolute Gasteiger partial charge is 0.317 e. The van der Waals surface area contributed by atoms with E-state index in [0.717, 1.165) is 25.9 Å². The Bertz CT molecular complexity index is 678. The number of nitrogens with one attached hydrogen (secondary N) is 2. The van der Waals surface area contributed by atoms with Gasteiger partial charge in [-0.3, -0.25) is 4.79 Å². The van der Waals surface area contributed by atoms with Crippen LogP contribution in [0.4, 0.5) is 5.13 Å². The molecule has 0 saturated carbocycles. The quantitative estimate of drug-likeness (QED) is 0.852. The van der Waals surface area contributed by atoms with Crippen molar-refractivity contribution in [3.05, 3.63) is 44.9 Å². The zero-order valence-electron chi connectivity index (χ0n) is 12.4. The number of halogens is 2. The summed E-state index contributed by atoms with van der Waals surface area (Å²) in [6, 6.07) is 5.22. The predicted molar refractivity (Wildman–Crippen MR) is 95.8 cm³/mol. The third-order valence-corrected chi connectivity index (χ3v) is 5.69. The number of rotatable bonds is 4. The van der Waals surface area contributed by atoms with Gasteiger partial charge in [0, 0.05) is 21.1 Å². The summed E-state index contributed by atoms with van der Waals surface area (Å²) in [5.74, 6) is 0.378. The van der Waals surface area contributed by atoms with Crippen LogP contribution in [-0.4, -0.2) is 24.0 Å². The Kier molecular flexibility index (Phi) is 5.54. The van der Waals surface area contributed by atoms with E-state index in [-0.39, 0.29) is 12.3 Å². The summed E-state index contributed by atoms with van der Waals surface area (Å²) in [5, 5.41) is 7.83. The molecule has 0 spiro atoms. The molecule has 2 aromatic rings. The van der Waals surface area contributed by atoms with Crippen LogP contribution in [0.5, 0.6) is 0 Å². The zero-order chi connectivity index (χ0) is 16.2. The molecule has 0 bridgehead atoms. The molecule has 0 unspecified atom stereocenters. The summed E-state index contributed by atoms with van der Waals surface area (Å²) >= 11 is 13.7. The first-order valence-electron chi connectivity index (χ1n) is 7.52. The lowest BCUT2D eigenvalue weighted by Gasteiger charge is -2.20. The van der Waals surface area contributed by atoms with E-state index in [1.807, 2.05) is 6.20 Å². The van der Waals surface area contributed by atoms with Gasteiger partial charge in [-0.05, 0) is 49.5 Å². The highest BCUT2D eigenvalue weighted by Gasteiger charge is 2.18. The van der Waals surface area contributed by atoms with Gasteiger partial charge in [0.25, 0.3) is 0 Å². The van der Waals surface area contributed by atoms with Gasteiger partial charge >= 0.3 is 0 Å². The number of nitrogens with zero attached hydrogens (tertiary/aromatic N) is 1. The fourth-order valence-electron chi connectivity index (χ4n) is 2.66. The van der Waals surface area contributed by atoms with Gasteiger partial charge in [0.2, 0.25) is 5.91 Å². The molecule has 0 radical (unpaired) electrons. The van der Waals surface area contributed by atoms with E-state index in [9.17, 15) is 4.79 Å². The van der Waals surface area contributed by atoms with E-state index in [4.69, 9.17) is 23.2 Å². The number of benzene rings is 1. The highest BCUT2D eigenvalue weighted by atomic mass is 35.5. The van der Waals surface area contributed by atoms with Crippen LogP contribution in [0.25, 0.3) is 0 Å². The van der Waals surface area contributed by atoms with E-state index in [2.05, 4.69) is 15.6 Å². The average Bonchev–Trinajstić information content (AvgIpc) is 3.00. The first-order valence-corrected chi connectivity index (χ1v) is 9.10. The highest BCUT2D eigenvalue weighted by Crippen LogP contribution is 2.32. The lowest BCUT2D eigenvalue weighted by atomic mass is 9.97. The number of aromatic nitrogens is 1. The van der Waals surface area contributed by atoms with Gasteiger partial charge in [-0.15, -0.1) is 11.3 Å². The summed E-state index contributed by atoms with van der Waals surface area (Å²) in [4.78, 5) is 17.8. The molecule has 7 heteroatoms. The number of carbonyl (C=O) groups excluding carboxylic acids is 1. The van der Waals surface area contributed by atoms with Crippen molar-refractivity contribution in [2.45, 2.75) is 25.2 Å². The van der Waals surface area contributed by atoms with Crippen LogP contribution in [0.1, 0.15) is 29.2 Å². The molecule has 3 rings (SSSR count). The van der Waals surface area contributed by atoms with Crippen molar-refractivity contribution in [2.75, 3.05) is 18.4 Å². The first-order chi connectivity index (χ1) is 11.1. The summed E-state index contributed by atoms with van der Waals surface area (Å²) in [6.45, 7) is 2.07. The van der Waals surface area contributed by atoms with E-state index in [1.54, 1.807) is 29.5 Å². The topological polar surface area (TPSA) is 54.0 Å². The Balaban J connectivity index is 1.63. The number of carbonyl (C=O) groups is 1. The minimum Gasteiger partial charge on any atom is -0.317 e. The molecular formula is C16H17Cl2N3OS. The number of piperidine rings is 1. The number of amides is 1. The molecular weight excluding hydrogens is 353 g/mol. The fourth-order valence-corrected chi connectivity index (χ4v) is 4.20. The Morgan fingerprint density at radius 1 is 1.30 bits per heavy atom. The molecule has 2 N–H and O–H groups in total. The molecule has 1 amide bonds. The maximum Gasteiger partial charge on any atom is 0.230 e. The van der Waals surface area contributed by atoms with Crippen molar-refractivity contribution in [3.8, 4) is 0 Å². The smallest absolute Gasteiger partial charge is 0.230 e. The van der Waals surface area contributed by atoms with E-state index >= 15 is 0 Å². The SMILES string of the molecule is O=C(Cc1c(Cl)cccc1Cl)Nc1ncc(C2CCNCC2)s1. The first kappa shape index (κ1) is 16.7. The van der Waals surface area contributed by atoms with Crippen molar-refractivity contribution < 1.29 is 4.79 Å². The molecule has 1 fully saturated rings. The van der Waals surface area contributed by atoms with Gasteiger partial charge in [-0.2, -0.15) is 0 Å². The second kappa shape index (κ2) is 7.62. The molecule has 0 atom stereocenters. The minimum atomic E-state index is -0.161. The van der Waals surface area contributed by atoms with Gasteiger partial charge in [-0.25, -0.2) is 4.98 Å². The summed E-state index contributed by atoms with van der Waals surface area (Å²) in [6.07, 6.45) is 4.25. The van der Waals surface area contributed by atoms with Crippen molar-refractivity contribution in [2.24, 2.45) is 0 Å². The van der Waals surface area contributed by atoms with Gasteiger partial charge in [0.05, 0.1) is 6.42 Å². The Hall–Kier alpha value is -1.14. The molecule has 1 saturated heterocycles. The molecule has 1 aromatic carbocycles. The standard InChI is InChI=1S/C16H17Cl2N3OS/c17-12-2-1-3-13(18)11(12)8-15(22)21-16-20-9-14(23-16)10-4-6-19-7-5-10/h1-3,9-10,19H,4-8H2,(H,20,21,22). The van der Waals surface area contributed by atoms with Crippen molar-refractivity contribution >= 4 is 45.6 Å². The Labute approximate surface area is 149 Å². The highest BCUT2D eigenvalue weighted by molar-refractivity contribution is 7.15.